The molecule has 2 atom stereocenters. The summed E-state index contributed by atoms with van der Waals surface area (Å²) >= 11 is 2.05. The first kappa shape index (κ1) is 12.6. The first-order valence-corrected chi connectivity index (χ1v) is 8.34. The molecule has 0 spiro atoms. The largest absolute Gasteiger partial charge is 0.313 e. The van der Waals surface area contributed by atoms with Gasteiger partial charge < -0.3 is 5.32 Å². The van der Waals surface area contributed by atoms with Gasteiger partial charge in [-0.05, 0) is 43.4 Å². The average molecular weight is 261 g/mol. The van der Waals surface area contributed by atoms with Crippen molar-refractivity contribution in [1.82, 2.24) is 5.32 Å². The van der Waals surface area contributed by atoms with E-state index >= 15 is 0 Å². The van der Waals surface area contributed by atoms with E-state index in [2.05, 4.69) is 36.5 Å². The van der Waals surface area contributed by atoms with Crippen LogP contribution in [0.3, 0.4) is 0 Å². The van der Waals surface area contributed by atoms with Crippen LogP contribution in [0.4, 0.5) is 0 Å². The first-order chi connectivity index (χ1) is 8.90. The van der Waals surface area contributed by atoms with Crippen LogP contribution in [0.1, 0.15) is 44.1 Å². The quantitative estimate of drug-likeness (QED) is 0.858. The molecule has 0 bridgehead atoms. The van der Waals surface area contributed by atoms with Crippen LogP contribution in [0.15, 0.2) is 29.2 Å². The number of nitrogens with one attached hydrogen (secondary N) is 1. The summed E-state index contributed by atoms with van der Waals surface area (Å²) in [5.41, 5.74) is 1.60. The molecule has 1 N–H and O–H groups in total. The lowest BCUT2D eigenvalue weighted by atomic mass is 9.73. The van der Waals surface area contributed by atoms with Crippen LogP contribution in [-0.2, 0) is 0 Å². The molecule has 0 aromatic heterocycles. The Hall–Kier alpha value is -0.470. The lowest BCUT2D eigenvalue weighted by Gasteiger charge is -2.38. The highest BCUT2D eigenvalue weighted by atomic mass is 32.2. The smallest absolute Gasteiger partial charge is 0.0172 e. The molecule has 0 radical (unpaired) electrons. The molecule has 3 rings (SSSR count). The zero-order valence-corrected chi connectivity index (χ0v) is 12.0. The van der Waals surface area contributed by atoms with Gasteiger partial charge in [0.2, 0.25) is 0 Å². The van der Waals surface area contributed by atoms with Gasteiger partial charge >= 0.3 is 0 Å². The third-order valence-electron chi connectivity index (χ3n) is 4.46. The standard InChI is InChI=1S/C16H23NS/c1-2-10-17-16(12-6-5-7-12)14-11-18-15-9-4-3-8-13(14)15/h3-4,8-9,12,14,16-17H,2,5-7,10-11H2,1H3. The molecular weight excluding hydrogens is 238 g/mol. The maximum Gasteiger partial charge on any atom is 0.0172 e. The van der Waals surface area contributed by atoms with Crippen LogP contribution in [0.25, 0.3) is 0 Å². The molecule has 1 aromatic carbocycles. The molecule has 1 aliphatic carbocycles. The van der Waals surface area contributed by atoms with Crippen molar-refractivity contribution >= 4 is 11.8 Å². The molecule has 98 valence electrons. The summed E-state index contributed by atoms with van der Waals surface area (Å²) in [7, 11) is 0. The van der Waals surface area contributed by atoms with Gasteiger partial charge in [-0.15, -0.1) is 11.8 Å². The van der Waals surface area contributed by atoms with E-state index in [0.717, 1.165) is 17.9 Å². The molecule has 0 saturated heterocycles. The second kappa shape index (κ2) is 5.66. The van der Waals surface area contributed by atoms with Crippen molar-refractivity contribution in [2.45, 2.75) is 49.5 Å². The Labute approximate surface area is 115 Å². The van der Waals surface area contributed by atoms with Crippen LogP contribution in [0.2, 0.25) is 0 Å². The zero-order chi connectivity index (χ0) is 12.4. The lowest BCUT2D eigenvalue weighted by molar-refractivity contribution is 0.209. The summed E-state index contributed by atoms with van der Waals surface area (Å²) in [4.78, 5) is 1.52. The van der Waals surface area contributed by atoms with E-state index in [-0.39, 0.29) is 0 Å². The van der Waals surface area contributed by atoms with Crippen molar-refractivity contribution in [1.29, 1.82) is 0 Å². The number of hydrogen-bond acceptors (Lipinski definition) is 2. The molecule has 1 nitrogen and oxygen atoms in total. The Kier molecular flexibility index (Phi) is 3.95. The average Bonchev–Trinajstić information content (AvgIpc) is 2.76. The highest BCUT2D eigenvalue weighted by Crippen LogP contribution is 2.45. The van der Waals surface area contributed by atoms with E-state index in [4.69, 9.17) is 0 Å². The molecule has 1 fully saturated rings. The minimum atomic E-state index is 0.717. The maximum absolute atomic E-state index is 3.84. The molecule has 1 heterocycles. The highest BCUT2D eigenvalue weighted by Gasteiger charge is 2.36. The van der Waals surface area contributed by atoms with E-state index in [1.807, 2.05) is 11.8 Å². The molecule has 2 heteroatoms. The minimum Gasteiger partial charge on any atom is -0.313 e. The summed E-state index contributed by atoms with van der Waals surface area (Å²) < 4.78 is 0. The summed E-state index contributed by atoms with van der Waals surface area (Å²) in [6, 6.07) is 9.73. The topological polar surface area (TPSA) is 12.0 Å². The number of rotatable bonds is 5. The van der Waals surface area contributed by atoms with Crippen LogP contribution >= 0.6 is 11.8 Å². The molecule has 18 heavy (non-hydrogen) atoms. The number of benzene rings is 1. The number of hydrogen-bond donors (Lipinski definition) is 1. The fraction of sp³-hybridized carbons (Fsp3) is 0.625. The second-order valence-electron chi connectivity index (χ2n) is 5.63. The highest BCUT2D eigenvalue weighted by molar-refractivity contribution is 7.99. The Balaban J connectivity index is 1.78. The molecular formula is C16H23NS. The first-order valence-electron chi connectivity index (χ1n) is 7.35. The molecule has 2 unspecified atom stereocenters. The van der Waals surface area contributed by atoms with Crippen LogP contribution in [0, 0.1) is 5.92 Å². The van der Waals surface area contributed by atoms with Crippen molar-refractivity contribution in [3.63, 3.8) is 0 Å². The minimum absolute atomic E-state index is 0.717. The second-order valence-corrected chi connectivity index (χ2v) is 6.69. The van der Waals surface area contributed by atoms with Gasteiger partial charge in [-0.1, -0.05) is 31.5 Å². The summed E-state index contributed by atoms with van der Waals surface area (Å²) in [6.07, 6.45) is 5.55. The van der Waals surface area contributed by atoms with Crippen molar-refractivity contribution in [2.24, 2.45) is 5.92 Å². The van der Waals surface area contributed by atoms with E-state index in [0.29, 0.717) is 0 Å². The molecule has 1 aliphatic heterocycles. The predicted molar refractivity (Wildman–Crippen MR) is 79.3 cm³/mol. The molecule has 1 aromatic rings. The van der Waals surface area contributed by atoms with Gasteiger partial charge in [-0.2, -0.15) is 0 Å². The van der Waals surface area contributed by atoms with E-state index < -0.39 is 0 Å². The molecule has 2 aliphatic rings. The van der Waals surface area contributed by atoms with E-state index in [1.54, 1.807) is 5.56 Å². The van der Waals surface area contributed by atoms with Crippen molar-refractivity contribution < 1.29 is 0 Å². The summed E-state index contributed by atoms with van der Waals surface area (Å²) in [6.45, 7) is 3.44. The normalized spacial score (nSPS) is 24.6. The monoisotopic (exact) mass is 261 g/mol. The van der Waals surface area contributed by atoms with Gasteiger partial charge in [0.05, 0.1) is 0 Å². The Morgan fingerprint density at radius 3 is 2.89 bits per heavy atom. The van der Waals surface area contributed by atoms with E-state index in [9.17, 15) is 0 Å². The summed E-state index contributed by atoms with van der Waals surface area (Å²) in [5.74, 6) is 2.94. The number of thioether (sulfide) groups is 1. The lowest BCUT2D eigenvalue weighted by Crippen LogP contribution is -2.44. The molecule has 0 amide bonds. The number of fused-ring (bicyclic) bond motifs is 1. The van der Waals surface area contributed by atoms with Gasteiger partial charge in [-0.3, -0.25) is 0 Å². The van der Waals surface area contributed by atoms with E-state index in [1.165, 1.54) is 42.9 Å². The Bertz CT molecular complexity index is 400. The molecule has 1 saturated carbocycles. The van der Waals surface area contributed by atoms with Gasteiger partial charge in [0, 0.05) is 22.6 Å². The SMILES string of the molecule is CCCNC(C1CCC1)C1CSc2ccccc21. The van der Waals surface area contributed by atoms with Gasteiger partial charge in [0.25, 0.3) is 0 Å². The fourth-order valence-electron chi connectivity index (χ4n) is 3.23. The third-order valence-corrected chi connectivity index (χ3v) is 5.67. The third kappa shape index (κ3) is 2.33. The maximum atomic E-state index is 3.84. The Morgan fingerprint density at radius 2 is 2.17 bits per heavy atom. The fourth-order valence-corrected chi connectivity index (χ4v) is 4.54. The van der Waals surface area contributed by atoms with Crippen LogP contribution in [0.5, 0.6) is 0 Å². The summed E-state index contributed by atoms with van der Waals surface area (Å²) in [5, 5.41) is 3.84. The predicted octanol–water partition coefficient (Wildman–Crippen LogP) is 4.04. The van der Waals surface area contributed by atoms with Gasteiger partial charge in [0.1, 0.15) is 0 Å². The van der Waals surface area contributed by atoms with Crippen molar-refractivity contribution in [3.05, 3.63) is 29.8 Å². The zero-order valence-electron chi connectivity index (χ0n) is 11.2. The van der Waals surface area contributed by atoms with Crippen molar-refractivity contribution in [3.8, 4) is 0 Å². The van der Waals surface area contributed by atoms with Crippen LogP contribution < -0.4 is 5.32 Å². The Morgan fingerprint density at radius 1 is 1.33 bits per heavy atom. The van der Waals surface area contributed by atoms with Gasteiger partial charge in [-0.25, -0.2) is 0 Å². The van der Waals surface area contributed by atoms with Gasteiger partial charge in [0.15, 0.2) is 0 Å². The van der Waals surface area contributed by atoms with Crippen LogP contribution in [-0.4, -0.2) is 18.3 Å². The van der Waals surface area contributed by atoms with Crippen molar-refractivity contribution in [2.75, 3.05) is 12.3 Å².